The van der Waals surface area contributed by atoms with E-state index in [-0.39, 0.29) is 35.5 Å². The van der Waals surface area contributed by atoms with Crippen LogP contribution < -0.4 is 14.8 Å². The molecule has 1 amide bonds. The van der Waals surface area contributed by atoms with Gasteiger partial charge in [-0.2, -0.15) is 0 Å². The van der Waals surface area contributed by atoms with Crippen LogP contribution in [0.15, 0.2) is 78.9 Å². The molecule has 11 heteroatoms. The summed E-state index contributed by atoms with van der Waals surface area (Å²) in [7, 11) is 1.31. The van der Waals surface area contributed by atoms with Gasteiger partial charge in [-0.1, -0.05) is 102 Å². The van der Waals surface area contributed by atoms with E-state index in [1.165, 1.54) is 0 Å². The zero-order valence-electron chi connectivity index (χ0n) is 38.7. The van der Waals surface area contributed by atoms with Crippen LogP contribution in [0, 0.1) is 5.92 Å². The topological polar surface area (TPSA) is 111 Å². The van der Waals surface area contributed by atoms with Crippen molar-refractivity contribution in [1.29, 1.82) is 0 Å². The zero-order chi connectivity index (χ0) is 44.4. The van der Waals surface area contributed by atoms with Crippen LogP contribution >= 0.6 is 0 Å². The molecule has 3 rings (SSSR count). The number of unbranched alkanes of at least 4 members (excludes halogenated alkanes) is 3. The first kappa shape index (κ1) is 51.8. The van der Waals surface area contributed by atoms with E-state index in [1.54, 1.807) is 14.2 Å². The third kappa shape index (κ3) is 18.3. The molecule has 0 aliphatic carbocycles. The smallest absolute Gasteiger partial charge is 0.220 e. The van der Waals surface area contributed by atoms with Crippen molar-refractivity contribution < 1.29 is 42.4 Å². The molecule has 0 saturated carbocycles. The van der Waals surface area contributed by atoms with E-state index in [1.807, 2.05) is 30.3 Å². The molecule has 0 fully saturated rings. The van der Waals surface area contributed by atoms with Gasteiger partial charge in [0.1, 0.15) is 22.9 Å². The van der Waals surface area contributed by atoms with E-state index < -0.39 is 13.9 Å². The maximum Gasteiger partial charge on any atom is 0.220 e. The van der Waals surface area contributed by atoms with Gasteiger partial charge in [0.05, 0.1) is 47.3 Å². The SMILES string of the molecule is CCCCOCCOCCOCCCNC(=O)CCC(=O)CCCCCC(COC(c1ccccc1)(c1ccc(OC)cc1)c1ccc(OC)cc1)CO[Si](C)(C)C(C)(C)C. The minimum atomic E-state index is -2.04. The second-order valence-electron chi connectivity index (χ2n) is 17.3. The summed E-state index contributed by atoms with van der Waals surface area (Å²) in [6.45, 7) is 18.6. The lowest BCUT2D eigenvalue weighted by Gasteiger charge is -2.39. The molecule has 0 heterocycles. The van der Waals surface area contributed by atoms with Gasteiger partial charge in [0, 0.05) is 51.5 Å². The first-order valence-electron chi connectivity index (χ1n) is 22.5. The summed E-state index contributed by atoms with van der Waals surface area (Å²) in [4.78, 5) is 25.2. The van der Waals surface area contributed by atoms with Gasteiger partial charge in [0.15, 0.2) is 8.32 Å². The van der Waals surface area contributed by atoms with Gasteiger partial charge in [-0.15, -0.1) is 0 Å². The van der Waals surface area contributed by atoms with E-state index in [9.17, 15) is 9.59 Å². The van der Waals surface area contributed by atoms with Gasteiger partial charge in [0.2, 0.25) is 5.91 Å². The standard InChI is InChI=1S/C50H77NO9Si/c1-9-10-33-56-35-37-58-38-36-57-34-17-32-51-48(53)31-26-45(52)21-16-11-13-18-41(40-60-61(7,8)49(2,3)4)39-59-50(42-19-14-12-15-20-42,43-22-27-46(54-5)28-23-43)44-24-29-47(55-6)30-25-44/h12,14-15,19-20,22-25,27-30,41H,9-11,13,16-18,21,26,31-40H2,1-8H3,(H,51,53). The first-order chi connectivity index (χ1) is 29.4. The van der Waals surface area contributed by atoms with Gasteiger partial charge >= 0.3 is 0 Å². The number of Topliss-reactive ketones (excluding diaryl/α,β-unsaturated/α-hetero) is 1. The molecule has 340 valence electrons. The molecular weight excluding hydrogens is 787 g/mol. The quantitative estimate of drug-likeness (QED) is 0.0363. The Balaban J connectivity index is 1.55. The number of methoxy groups -OCH3 is 2. The average molecular weight is 864 g/mol. The Hall–Kier alpha value is -3.58. The fraction of sp³-hybridized carbons (Fsp3) is 0.600. The molecule has 61 heavy (non-hydrogen) atoms. The molecule has 10 nitrogen and oxygen atoms in total. The summed E-state index contributed by atoms with van der Waals surface area (Å²) in [5.41, 5.74) is 2.09. The number of amides is 1. The summed E-state index contributed by atoms with van der Waals surface area (Å²) in [6.07, 6.45) is 7.39. The highest BCUT2D eigenvalue weighted by Gasteiger charge is 2.40. The lowest BCUT2D eigenvalue weighted by Crippen LogP contribution is -2.43. The van der Waals surface area contributed by atoms with Crippen molar-refractivity contribution >= 4 is 20.0 Å². The van der Waals surface area contributed by atoms with Gasteiger partial charge in [-0.05, 0) is 84.8 Å². The van der Waals surface area contributed by atoms with E-state index >= 15 is 0 Å². The van der Waals surface area contributed by atoms with Gasteiger partial charge in [-0.25, -0.2) is 0 Å². The Labute approximate surface area is 368 Å². The Morgan fingerprint density at radius 1 is 0.623 bits per heavy atom. The number of hydrogen-bond acceptors (Lipinski definition) is 9. The molecule has 1 unspecified atom stereocenters. The summed E-state index contributed by atoms with van der Waals surface area (Å²) in [5, 5.41) is 2.98. The maximum atomic E-state index is 12.8. The van der Waals surface area contributed by atoms with Crippen molar-refractivity contribution in [2.24, 2.45) is 5.92 Å². The molecule has 0 aliphatic heterocycles. The lowest BCUT2D eigenvalue weighted by molar-refractivity contribution is -0.125. The number of carbonyl (C=O) groups excluding carboxylic acids is 2. The van der Waals surface area contributed by atoms with E-state index in [2.05, 4.69) is 94.6 Å². The second-order valence-corrected chi connectivity index (χ2v) is 22.1. The number of carbonyl (C=O) groups is 2. The summed E-state index contributed by atoms with van der Waals surface area (Å²) in [6, 6.07) is 26.6. The average Bonchev–Trinajstić information content (AvgIpc) is 3.26. The Bertz CT molecular complexity index is 1580. The van der Waals surface area contributed by atoms with Crippen molar-refractivity contribution in [2.75, 3.05) is 73.6 Å². The van der Waals surface area contributed by atoms with Gasteiger partial charge in [0.25, 0.3) is 0 Å². The maximum absolute atomic E-state index is 12.8. The van der Waals surface area contributed by atoms with E-state index in [0.29, 0.717) is 65.6 Å². The molecular formula is C50H77NO9Si. The van der Waals surface area contributed by atoms with Crippen LogP contribution in [0.3, 0.4) is 0 Å². The molecule has 0 bridgehead atoms. The zero-order valence-corrected chi connectivity index (χ0v) is 39.7. The largest absolute Gasteiger partial charge is 0.497 e. The molecule has 0 aliphatic rings. The van der Waals surface area contributed by atoms with Crippen molar-refractivity contribution in [3.63, 3.8) is 0 Å². The number of nitrogens with one attached hydrogen (secondary N) is 1. The van der Waals surface area contributed by atoms with Gasteiger partial charge in [-0.3, -0.25) is 9.59 Å². The Morgan fingerprint density at radius 3 is 1.70 bits per heavy atom. The number of ether oxygens (including phenoxy) is 6. The van der Waals surface area contributed by atoms with Crippen LogP contribution in [0.1, 0.15) is 109 Å². The van der Waals surface area contributed by atoms with Crippen molar-refractivity contribution in [3.8, 4) is 11.5 Å². The molecule has 3 aromatic carbocycles. The lowest BCUT2D eigenvalue weighted by atomic mass is 9.79. The van der Waals surface area contributed by atoms with Crippen LogP contribution in [0.5, 0.6) is 11.5 Å². The van der Waals surface area contributed by atoms with Crippen LogP contribution in [0.25, 0.3) is 0 Å². The Kier molecular flexibility index (Phi) is 23.9. The number of benzene rings is 3. The van der Waals surface area contributed by atoms with Crippen molar-refractivity contribution in [3.05, 3.63) is 95.6 Å². The van der Waals surface area contributed by atoms with Gasteiger partial charge < -0.3 is 38.2 Å². The number of ketones is 1. The molecule has 1 atom stereocenters. The molecule has 0 spiro atoms. The summed E-state index contributed by atoms with van der Waals surface area (Å²) in [5.74, 6) is 1.70. The monoisotopic (exact) mass is 864 g/mol. The molecule has 0 saturated heterocycles. The predicted molar refractivity (Wildman–Crippen MR) is 247 cm³/mol. The first-order valence-corrected chi connectivity index (χ1v) is 25.4. The van der Waals surface area contributed by atoms with E-state index in [4.69, 9.17) is 32.8 Å². The molecule has 1 N–H and O–H groups in total. The highest BCUT2D eigenvalue weighted by Crippen LogP contribution is 2.43. The predicted octanol–water partition coefficient (Wildman–Crippen LogP) is 10.3. The molecule has 3 aromatic rings. The minimum Gasteiger partial charge on any atom is -0.497 e. The second kappa shape index (κ2) is 28.2. The third-order valence-electron chi connectivity index (χ3n) is 11.6. The Morgan fingerprint density at radius 2 is 1.16 bits per heavy atom. The summed E-state index contributed by atoms with van der Waals surface area (Å²) < 4.78 is 41.8. The van der Waals surface area contributed by atoms with Crippen LogP contribution in [-0.4, -0.2) is 93.6 Å². The van der Waals surface area contributed by atoms with Crippen LogP contribution in [-0.2, 0) is 38.6 Å². The highest BCUT2D eigenvalue weighted by atomic mass is 28.4. The van der Waals surface area contributed by atoms with E-state index in [0.717, 1.165) is 73.3 Å². The number of rotatable bonds is 33. The fourth-order valence-electron chi connectivity index (χ4n) is 6.66. The third-order valence-corrected chi connectivity index (χ3v) is 16.1. The number of hydrogen-bond donors (Lipinski definition) is 1. The van der Waals surface area contributed by atoms with Crippen molar-refractivity contribution in [1.82, 2.24) is 5.32 Å². The van der Waals surface area contributed by atoms with Crippen LogP contribution in [0.4, 0.5) is 0 Å². The summed E-state index contributed by atoms with van der Waals surface area (Å²) >= 11 is 0. The molecule has 0 radical (unpaired) electrons. The normalized spacial score (nSPS) is 12.6. The van der Waals surface area contributed by atoms with Crippen LogP contribution in [0.2, 0.25) is 18.1 Å². The van der Waals surface area contributed by atoms with Crippen molar-refractivity contribution in [2.45, 2.75) is 116 Å². The molecule has 0 aromatic heterocycles. The fourth-order valence-corrected chi connectivity index (χ4v) is 7.75. The minimum absolute atomic E-state index is 0.0725. The highest BCUT2D eigenvalue weighted by molar-refractivity contribution is 6.74.